The molecular formula is C21H20ClN5O3. The molecule has 0 atom stereocenters. The third kappa shape index (κ3) is 4.83. The maximum atomic E-state index is 12.3. The van der Waals surface area contributed by atoms with Gasteiger partial charge in [0.15, 0.2) is 0 Å². The molecule has 2 heterocycles. The normalized spacial score (nSPS) is 13.2. The molecule has 2 aromatic heterocycles. The van der Waals surface area contributed by atoms with Crippen LogP contribution in [0.3, 0.4) is 0 Å². The Labute approximate surface area is 177 Å². The Morgan fingerprint density at radius 2 is 1.67 bits per heavy atom. The number of aromatic nitrogens is 4. The molecule has 3 aromatic rings. The van der Waals surface area contributed by atoms with Gasteiger partial charge in [-0.15, -0.1) is 0 Å². The number of carbonyl (C=O) groups excluding carboxylic acids is 1. The van der Waals surface area contributed by atoms with Crippen molar-refractivity contribution >= 4 is 17.5 Å². The first-order valence-corrected chi connectivity index (χ1v) is 10.1. The van der Waals surface area contributed by atoms with E-state index in [4.69, 9.17) is 11.6 Å². The fraction of sp³-hybridized carbons (Fsp3) is 0.286. The van der Waals surface area contributed by atoms with Crippen molar-refractivity contribution in [2.24, 2.45) is 0 Å². The lowest BCUT2D eigenvalue weighted by Gasteiger charge is -2.10. The van der Waals surface area contributed by atoms with E-state index >= 15 is 0 Å². The van der Waals surface area contributed by atoms with E-state index in [2.05, 4.69) is 15.5 Å². The number of rotatable bonds is 7. The Hall–Kier alpha value is -3.26. The van der Waals surface area contributed by atoms with Crippen LogP contribution in [-0.4, -0.2) is 32.0 Å². The molecule has 30 heavy (non-hydrogen) atoms. The van der Waals surface area contributed by atoms with Crippen molar-refractivity contribution < 1.29 is 4.79 Å². The van der Waals surface area contributed by atoms with Crippen LogP contribution >= 0.6 is 11.6 Å². The van der Waals surface area contributed by atoms with Gasteiger partial charge in [-0.2, -0.15) is 10.2 Å². The average Bonchev–Trinajstić information content (AvgIpc) is 3.57. The number of hydrogen-bond donors (Lipinski definition) is 1. The Bertz CT molecular complexity index is 1180. The molecule has 1 aromatic carbocycles. The third-order valence-corrected chi connectivity index (χ3v) is 5.08. The summed E-state index contributed by atoms with van der Waals surface area (Å²) >= 11 is 5.90. The van der Waals surface area contributed by atoms with Crippen molar-refractivity contribution in [3.8, 4) is 11.3 Å². The summed E-state index contributed by atoms with van der Waals surface area (Å²) in [7, 11) is 0. The summed E-state index contributed by atoms with van der Waals surface area (Å²) in [5.74, 6) is 0.0709. The zero-order valence-corrected chi connectivity index (χ0v) is 16.9. The highest BCUT2D eigenvalue weighted by atomic mass is 35.5. The topological polar surface area (TPSA) is 98.9 Å². The van der Waals surface area contributed by atoms with E-state index < -0.39 is 0 Å². The van der Waals surface area contributed by atoms with E-state index in [1.807, 2.05) is 0 Å². The molecule has 0 bridgehead atoms. The molecule has 154 valence electrons. The van der Waals surface area contributed by atoms with E-state index in [0.717, 1.165) is 28.8 Å². The van der Waals surface area contributed by atoms with Gasteiger partial charge in [0.25, 0.3) is 11.1 Å². The molecule has 1 aliphatic carbocycles. The summed E-state index contributed by atoms with van der Waals surface area (Å²) in [6.07, 6.45) is 2.19. The zero-order valence-electron chi connectivity index (χ0n) is 16.1. The van der Waals surface area contributed by atoms with Crippen molar-refractivity contribution in [1.82, 2.24) is 24.9 Å². The molecular weight excluding hydrogens is 406 g/mol. The minimum Gasteiger partial charge on any atom is -0.353 e. The van der Waals surface area contributed by atoms with Gasteiger partial charge >= 0.3 is 0 Å². The van der Waals surface area contributed by atoms with Gasteiger partial charge in [-0.3, -0.25) is 14.4 Å². The predicted molar refractivity (Wildman–Crippen MR) is 112 cm³/mol. The lowest BCUT2D eigenvalue weighted by molar-refractivity contribution is -0.121. The van der Waals surface area contributed by atoms with Gasteiger partial charge in [0, 0.05) is 35.2 Å². The quantitative estimate of drug-likeness (QED) is 0.622. The van der Waals surface area contributed by atoms with Crippen molar-refractivity contribution in [3.05, 3.63) is 80.0 Å². The number of benzene rings is 1. The van der Waals surface area contributed by atoms with Gasteiger partial charge in [0.1, 0.15) is 6.54 Å². The molecule has 1 aliphatic rings. The van der Waals surface area contributed by atoms with Crippen LogP contribution in [0.25, 0.3) is 11.3 Å². The van der Waals surface area contributed by atoms with Gasteiger partial charge in [0.2, 0.25) is 5.91 Å². The van der Waals surface area contributed by atoms with Crippen LogP contribution in [0.15, 0.2) is 58.1 Å². The molecule has 0 saturated heterocycles. The van der Waals surface area contributed by atoms with Gasteiger partial charge in [-0.05, 0) is 37.1 Å². The highest BCUT2D eigenvalue weighted by Gasteiger charge is 2.25. The number of halogens is 1. The highest BCUT2D eigenvalue weighted by molar-refractivity contribution is 6.30. The largest absolute Gasteiger partial charge is 0.353 e. The second-order valence-electron chi connectivity index (χ2n) is 7.17. The first kappa shape index (κ1) is 20.0. The van der Waals surface area contributed by atoms with E-state index in [-0.39, 0.29) is 36.7 Å². The van der Waals surface area contributed by atoms with E-state index in [9.17, 15) is 14.4 Å². The van der Waals surface area contributed by atoms with Crippen molar-refractivity contribution in [3.63, 3.8) is 0 Å². The fourth-order valence-electron chi connectivity index (χ4n) is 3.05. The summed E-state index contributed by atoms with van der Waals surface area (Å²) in [6.45, 7) is 0.272. The van der Waals surface area contributed by atoms with Crippen LogP contribution in [-0.2, 0) is 17.9 Å². The van der Waals surface area contributed by atoms with Crippen LogP contribution in [0.4, 0.5) is 0 Å². The van der Waals surface area contributed by atoms with Crippen LogP contribution < -0.4 is 16.4 Å². The predicted octanol–water partition coefficient (Wildman–Crippen LogP) is 1.81. The Morgan fingerprint density at radius 1 is 0.967 bits per heavy atom. The second kappa shape index (κ2) is 8.62. The maximum absolute atomic E-state index is 12.3. The first-order chi connectivity index (χ1) is 14.5. The van der Waals surface area contributed by atoms with Crippen LogP contribution in [0, 0.1) is 0 Å². The number of amides is 1. The Kier molecular flexibility index (Phi) is 5.76. The number of nitrogens with zero attached hydrogens (tertiary/aromatic N) is 4. The Morgan fingerprint density at radius 3 is 2.40 bits per heavy atom. The molecule has 1 fully saturated rings. The summed E-state index contributed by atoms with van der Waals surface area (Å²) in [5, 5.41) is 11.9. The van der Waals surface area contributed by atoms with Crippen molar-refractivity contribution in [2.45, 2.75) is 31.8 Å². The number of carbonyl (C=O) groups is 1. The van der Waals surface area contributed by atoms with Crippen molar-refractivity contribution in [1.29, 1.82) is 0 Å². The summed E-state index contributed by atoms with van der Waals surface area (Å²) in [5.41, 5.74) is 1.68. The standard InChI is InChI=1S/C21H20ClN5O3/c22-16-5-3-15(4-6-16)18-8-10-21(30)27(25-18)13-19(28)23-11-12-26-20(29)9-7-17(24-26)14-1-2-14/h3-10,14H,1-2,11-13H2,(H,23,28). The van der Waals surface area contributed by atoms with Crippen LogP contribution in [0.1, 0.15) is 24.5 Å². The first-order valence-electron chi connectivity index (χ1n) is 9.68. The summed E-state index contributed by atoms with van der Waals surface area (Å²) in [4.78, 5) is 36.3. The molecule has 8 nitrogen and oxygen atoms in total. The highest BCUT2D eigenvalue weighted by Crippen LogP contribution is 2.38. The zero-order chi connectivity index (χ0) is 21.1. The van der Waals surface area contributed by atoms with E-state index in [1.54, 1.807) is 36.4 Å². The van der Waals surface area contributed by atoms with Gasteiger partial charge in [-0.1, -0.05) is 23.7 Å². The molecule has 4 rings (SSSR count). The molecule has 9 heteroatoms. The van der Waals surface area contributed by atoms with Crippen molar-refractivity contribution in [2.75, 3.05) is 6.54 Å². The third-order valence-electron chi connectivity index (χ3n) is 4.83. The average molecular weight is 426 g/mol. The van der Waals surface area contributed by atoms with Gasteiger partial charge < -0.3 is 5.32 Å². The molecule has 0 unspecified atom stereocenters. The van der Waals surface area contributed by atoms with Crippen LogP contribution in [0.2, 0.25) is 5.02 Å². The van der Waals surface area contributed by atoms with Gasteiger partial charge in [0.05, 0.1) is 17.9 Å². The molecule has 1 saturated carbocycles. The lowest BCUT2D eigenvalue weighted by atomic mass is 10.1. The molecule has 0 spiro atoms. The minimum atomic E-state index is -0.377. The summed E-state index contributed by atoms with van der Waals surface area (Å²) < 4.78 is 2.47. The lowest BCUT2D eigenvalue weighted by Crippen LogP contribution is -2.36. The smallest absolute Gasteiger partial charge is 0.267 e. The van der Waals surface area contributed by atoms with E-state index in [1.165, 1.54) is 16.8 Å². The maximum Gasteiger partial charge on any atom is 0.267 e. The minimum absolute atomic E-state index is 0.206. The summed E-state index contributed by atoms with van der Waals surface area (Å²) in [6, 6.07) is 13.3. The van der Waals surface area contributed by atoms with Crippen LogP contribution in [0.5, 0.6) is 0 Å². The molecule has 0 radical (unpaired) electrons. The SMILES string of the molecule is O=C(Cn1nc(-c2ccc(Cl)cc2)ccc1=O)NCCn1nc(C2CC2)ccc1=O. The fourth-order valence-corrected chi connectivity index (χ4v) is 3.18. The molecule has 1 amide bonds. The molecule has 1 N–H and O–H groups in total. The Balaban J connectivity index is 1.38. The van der Waals surface area contributed by atoms with Gasteiger partial charge in [-0.25, -0.2) is 9.36 Å². The monoisotopic (exact) mass is 425 g/mol. The number of nitrogens with one attached hydrogen (secondary N) is 1. The number of hydrogen-bond acceptors (Lipinski definition) is 5. The molecule has 0 aliphatic heterocycles. The van der Waals surface area contributed by atoms with E-state index in [0.29, 0.717) is 16.6 Å². The second-order valence-corrected chi connectivity index (χ2v) is 7.60.